The van der Waals surface area contributed by atoms with Crippen LogP contribution in [0.25, 0.3) is 0 Å². The number of hydrogen-bond acceptors (Lipinski definition) is 6. The van der Waals surface area contributed by atoms with Gasteiger partial charge in [0.05, 0.1) is 19.8 Å². The topological polar surface area (TPSA) is 103 Å². The zero-order valence-corrected chi connectivity index (χ0v) is 18.8. The maximum absolute atomic E-state index is 12.4. The van der Waals surface area contributed by atoms with Crippen LogP contribution in [0.5, 0.6) is 0 Å². The van der Waals surface area contributed by atoms with Crippen molar-refractivity contribution in [2.75, 3.05) is 6.61 Å². The second-order valence-corrected chi connectivity index (χ2v) is 8.56. The first-order valence-electron chi connectivity index (χ1n) is 10.5. The lowest BCUT2D eigenvalue weighted by Crippen LogP contribution is -2.46. The van der Waals surface area contributed by atoms with Gasteiger partial charge in [0.2, 0.25) is 0 Å². The van der Waals surface area contributed by atoms with Crippen molar-refractivity contribution >= 4 is 11.6 Å². The van der Waals surface area contributed by atoms with Gasteiger partial charge in [-0.1, -0.05) is 72.3 Å². The molecule has 33 heavy (non-hydrogen) atoms. The molecule has 0 unspecified atom stereocenters. The second-order valence-electron chi connectivity index (χ2n) is 8.15. The van der Waals surface area contributed by atoms with Gasteiger partial charge in [-0.05, 0) is 18.1 Å². The van der Waals surface area contributed by atoms with Crippen LogP contribution in [-0.2, 0) is 27.4 Å². The number of aliphatic hydroxyl groups is 1. The van der Waals surface area contributed by atoms with E-state index in [0.717, 1.165) is 21.9 Å². The zero-order valence-electron chi connectivity index (χ0n) is 18.0. The van der Waals surface area contributed by atoms with E-state index in [-0.39, 0.29) is 18.2 Å². The normalized spacial score (nSPS) is 24.8. The summed E-state index contributed by atoms with van der Waals surface area (Å²) in [6.07, 6.45) is -2.02. The molecule has 0 saturated carbocycles. The first kappa shape index (κ1) is 23.4. The quantitative estimate of drug-likeness (QED) is 0.522. The van der Waals surface area contributed by atoms with E-state index in [9.17, 15) is 14.7 Å². The molecule has 1 aliphatic rings. The van der Waals surface area contributed by atoms with Gasteiger partial charge in [-0.15, -0.1) is 0 Å². The second kappa shape index (κ2) is 10.0. The van der Waals surface area contributed by atoms with Crippen molar-refractivity contribution in [3.8, 4) is 0 Å². The van der Waals surface area contributed by atoms with E-state index >= 15 is 0 Å². The number of ether oxygens (including phenoxy) is 3. The number of hydrogen-bond donors (Lipinski definition) is 2. The van der Waals surface area contributed by atoms with Crippen molar-refractivity contribution in [3.63, 3.8) is 0 Å². The molecule has 0 bridgehead atoms. The Kier molecular flexibility index (Phi) is 7.11. The molecule has 174 valence electrons. The fourth-order valence-electron chi connectivity index (χ4n) is 3.89. The van der Waals surface area contributed by atoms with Crippen LogP contribution in [0.2, 0.25) is 5.02 Å². The van der Waals surface area contributed by atoms with Crippen molar-refractivity contribution in [1.29, 1.82) is 0 Å². The first-order valence-corrected chi connectivity index (χ1v) is 10.9. The Hall–Kier alpha value is -2.75. The van der Waals surface area contributed by atoms with Crippen LogP contribution in [0.1, 0.15) is 24.3 Å². The monoisotopic (exact) mass is 472 g/mol. The highest BCUT2D eigenvalue weighted by atomic mass is 35.5. The van der Waals surface area contributed by atoms with Crippen molar-refractivity contribution < 1.29 is 19.3 Å². The lowest BCUT2D eigenvalue weighted by Gasteiger charge is -2.30. The lowest BCUT2D eigenvalue weighted by atomic mass is 9.98. The molecule has 2 N–H and O–H groups in total. The highest BCUT2D eigenvalue weighted by Crippen LogP contribution is 2.39. The minimum atomic E-state index is -1.22. The van der Waals surface area contributed by atoms with Gasteiger partial charge in [-0.3, -0.25) is 14.3 Å². The van der Waals surface area contributed by atoms with E-state index in [4.69, 9.17) is 25.8 Å². The SMILES string of the molecule is C[C@]1(COCc2ccccc2)O[C@@H](n2cc(Cl)c(=O)[nH]c2=O)[C@H](O)[C@@H]1OCc1ccccc1. The highest BCUT2D eigenvalue weighted by Gasteiger charge is 2.54. The summed E-state index contributed by atoms with van der Waals surface area (Å²) in [6.45, 7) is 2.43. The van der Waals surface area contributed by atoms with Crippen LogP contribution in [0.4, 0.5) is 0 Å². The van der Waals surface area contributed by atoms with Crippen molar-refractivity contribution in [1.82, 2.24) is 9.55 Å². The van der Waals surface area contributed by atoms with Gasteiger partial charge in [-0.25, -0.2) is 4.79 Å². The summed E-state index contributed by atoms with van der Waals surface area (Å²) in [5, 5.41) is 10.9. The molecule has 1 fully saturated rings. The van der Waals surface area contributed by atoms with Gasteiger partial charge >= 0.3 is 5.69 Å². The largest absolute Gasteiger partial charge is 0.386 e. The minimum absolute atomic E-state index is 0.0980. The Bertz CT molecular complexity index is 1180. The summed E-state index contributed by atoms with van der Waals surface area (Å²) >= 11 is 5.92. The van der Waals surface area contributed by atoms with Crippen LogP contribution in [-0.4, -0.2) is 39.1 Å². The number of benzene rings is 2. The van der Waals surface area contributed by atoms with E-state index in [2.05, 4.69) is 4.98 Å². The van der Waals surface area contributed by atoms with Gasteiger partial charge in [0, 0.05) is 6.20 Å². The predicted molar refractivity (Wildman–Crippen MR) is 122 cm³/mol. The van der Waals surface area contributed by atoms with Gasteiger partial charge < -0.3 is 19.3 Å². The van der Waals surface area contributed by atoms with Crippen LogP contribution >= 0.6 is 11.6 Å². The minimum Gasteiger partial charge on any atom is -0.386 e. The van der Waals surface area contributed by atoms with Crippen molar-refractivity contribution in [3.05, 3.63) is 104 Å². The molecule has 0 spiro atoms. The van der Waals surface area contributed by atoms with E-state index in [1.165, 1.54) is 0 Å². The summed E-state index contributed by atoms with van der Waals surface area (Å²) in [6, 6.07) is 19.2. The molecule has 8 nitrogen and oxygen atoms in total. The molecule has 0 aliphatic carbocycles. The third kappa shape index (κ3) is 5.26. The molecule has 2 heterocycles. The molecule has 4 atom stereocenters. The van der Waals surface area contributed by atoms with E-state index < -0.39 is 35.3 Å². The number of aromatic nitrogens is 2. The molecule has 1 saturated heterocycles. The number of aromatic amines is 1. The molecule has 1 aromatic heterocycles. The maximum Gasteiger partial charge on any atom is 0.330 e. The van der Waals surface area contributed by atoms with Gasteiger partial charge in [0.1, 0.15) is 22.8 Å². The third-order valence-corrected chi connectivity index (χ3v) is 5.83. The molecule has 4 rings (SSSR count). The van der Waals surface area contributed by atoms with Crippen LogP contribution in [0.3, 0.4) is 0 Å². The number of rotatable bonds is 8. The van der Waals surface area contributed by atoms with Crippen LogP contribution in [0, 0.1) is 0 Å². The highest BCUT2D eigenvalue weighted by molar-refractivity contribution is 6.30. The van der Waals surface area contributed by atoms with Gasteiger partial charge in [0.15, 0.2) is 6.23 Å². The molecule has 9 heteroatoms. The predicted octanol–water partition coefficient (Wildman–Crippen LogP) is 2.64. The Morgan fingerprint density at radius 3 is 2.30 bits per heavy atom. The standard InChI is InChI=1S/C24H25ClN2O6/c1-24(15-31-13-16-8-4-2-5-9-16)20(32-14-17-10-6-3-7-11-17)19(28)22(33-24)27-12-18(25)21(29)26-23(27)30/h2-12,19-20,22,28H,13-15H2,1H3,(H,26,29,30)/t19-,20+,22-,24-/m1/s1. The molecule has 1 aliphatic heterocycles. The Morgan fingerprint density at radius 2 is 1.67 bits per heavy atom. The number of H-pyrrole nitrogens is 1. The smallest absolute Gasteiger partial charge is 0.330 e. The maximum atomic E-state index is 12.4. The van der Waals surface area contributed by atoms with E-state index in [1.54, 1.807) is 6.92 Å². The van der Waals surface area contributed by atoms with Crippen molar-refractivity contribution in [2.24, 2.45) is 0 Å². The average molecular weight is 473 g/mol. The van der Waals surface area contributed by atoms with Crippen LogP contribution < -0.4 is 11.2 Å². The van der Waals surface area contributed by atoms with Crippen LogP contribution in [0.15, 0.2) is 76.4 Å². The molecule has 0 amide bonds. The zero-order chi connectivity index (χ0) is 23.4. The Labute approximate surface area is 195 Å². The Balaban J connectivity index is 1.57. The number of nitrogens with zero attached hydrogens (tertiary/aromatic N) is 1. The lowest BCUT2D eigenvalue weighted by molar-refractivity contribution is -0.147. The molecule has 3 aromatic rings. The third-order valence-electron chi connectivity index (χ3n) is 5.57. The summed E-state index contributed by atoms with van der Waals surface area (Å²) in [5.41, 5.74) is -0.636. The average Bonchev–Trinajstić information content (AvgIpc) is 3.06. The summed E-state index contributed by atoms with van der Waals surface area (Å²) in [4.78, 5) is 26.2. The number of nitrogens with one attached hydrogen (secondary N) is 1. The Morgan fingerprint density at radius 1 is 1.06 bits per heavy atom. The molecular formula is C24H25ClN2O6. The fraction of sp³-hybridized carbons (Fsp3) is 0.333. The fourth-order valence-corrected chi connectivity index (χ4v) is 4.04. The number of aliphatic hydroxyl groups excluding tert-OH is 1. The first-order chi connectivity index (χ1) is 15.9. The summed E-state index contributed by atoms with van der Waals surface area (Å²) in [7, 11) is 0. The van der Waals surface area contributed by atoms with Crippen molar-refractivity contribution in [2.45, 2.75) is 44.2 Å². The van der Waals surface area contributed by atoms with Gasteiger partial charge in [-0.2, -0.15) is 0 Å². The molecular weight excluding hydrogens is 448 g/mol. The number of halogens is 1. The van der Waals surface area contributed by atoms with E-state index in [1.807, 2.05) is 60.7 Å². The summed E-state index contributed by atoms with van der Waals surface area (Å²) < 4.78 is 19.2. The summed E-state index contributed by atoms with van der Waals surface area (Å²) in [5.74, 6) is 0. The van der Waals surface area contributed by atoms with Gasteiger partial charge in [0.25, 0.3) is 5.56 Å². The molecule has 2 aromatic carbocycles. The van der Waals surface area contributed by atoms with E-state index in [0.29, 0.717) is 6.61 Å². The molecule has 0 radical (unpaired) electrons.